The Morgan fingerprint density at radius 3 is 2.47 bits per heavy atom. The summed E-state index contributed by atoms with van der Waals surface area (Å²) in [6.07, 6.45) is 3.61. The minimum absolute atomic E-state index is 0.383. The van der Waals surface area contributed by atoms with Crippen LogP contribution in [-0.2, 0) is 9.84 Å². The van der Waals surface area contributed by atoms with Gasteiger partial charge in [-0.1, -0.05) is 15.9 Å². The summed E-state index contributed by atoms with van der Waals surface area (Å²) >= 11 is 3.63. The molecule has 1 aromatic carbocycles. The van der Waals surface area contributed by atoms with E-state index < -0.39 is 9.84 Å². The molecule has 0 saturated carbocycles. The van der Waals surface area contributed by atoms with Crippen molar-refractivity contribution in [3.63, 3.8) is 0 Å². The van der Waals surface area contributed by atoms with Crippen molar-refractivity contribution in [3.05, 3.63) is 24.3 Å². The van der Waals surface area contributed by atoms with Gasteiger partial charge in [-0.15, -0.1) is 0 Å². The van der Waals surface area contributed by atoms with Gasteiger partial charge in [-0.25, -0.2) is 8.42 Å². The Morgan fingerprint density at radius 1 is 1.29 bits per heavy atom. The van der Waals surface area contributed by atoms with Crippen LogP contribution in [0.2, 0.25) is 0 Å². The van der Waals surface area contributed by atoms with Gasteiger partial charge in [-0.2, -0.15) is 0 Å². The Bertz CT molecular complexity index is 484. The lowest BCUT2D eigenvalue weighted by Crippen LogP contribution is -2.35. The van der Waals surface area contributed by atoms with Crippen LogP contribution in [0.4, 0.5) is 5.69 Å². The van der Waals surface area contributed by atoms with Gasteiger partial charge in [0.1, 0.15) is 0 Å². The second-order valence-electron chi connectivity index (χ2n) is 4.45. The van der Waals surface area contributed by atoms with Gasteiger partial charge in [-0.05, 0) is 37.1 Å². The molecule has 0 aromatic heterocycles. The number of rotatable bonds is 2. The number of anilines is 1. The molecule has 1 aliphatic rings. The average Bonchev–Trinajstić information content (AvgIpc) is 2.28. The molecule has 0 amide bonds. The molecule has 0 aliphatic carbocycles. The zero-order chi connectivity index (χ0) is 12.5. The Balaban J connectivity index is 2.18. The summed E-state index contributed by atoms with van der Waals surface area (Å²) in [6, 6.07) is 7.15. The summed E-state index contributed by atoms with van der Waals surface area (Å²) in [5.74, 6) is 0. The van der Waals surface area contributed by atoms with Gasteiger partial charge in [-0.3, -0.25) is 0 Å². The number of hydrogen-bond acceptors (Lipinski definition) is 3. The molecule has 1 aromatic rings. The van der Waals surface area contributed by atoms with Gasteiger partial charge < -0.3 is 4.90 Å². The van der Waals surface area contributed by atoms with Crippen LogP contribution in [-0.4, -0.2) is 32.6 Å². The lowest BCUT2D eigenvalue weighted by Gasteiger charge is -2.32. The second kappa shape index (κ2) is 4.98. The van der Waals surface area contributed by atoms with Crippen LogP contribution in [0.5, 0.6) is 0 Å². The Morgan fingerprint density at radius 2 is 1.94 bits per heavy atom. The van der Waals surface area contributed by atoms with Gasteiger partial charge in [0.25, 0.3) is 0 Å². The summed E-state index contributed by atoms with van der Waals surface area (Å²) in [4.78, 5) is 3.20. The number of halogens is 1. The molecular weight excluding hydrogens is 302 g/mol. The first-order chi connectivity index (χ1) is 7.97. The predicted molar refractivity (Wildman–Crippen MR) is 73.7 cm³/mol. The molecule has 17 heavy (non-hydrogen) atoms. The second-order valence-corrected chi connectivity index (χ2v) is 7.76. The van der Waals surface area contributed by atoms with E-state index in [9.17, 15) is 8.42 Å². The summed E-state index contributed by atoms with van der Waals surface area (Å²) in [5, 5.41) is 0. The van der Waals surface area contributed by atoms with Crippen molar-refractivity contribution in [2.24, 2.45) is 0 Å². The highest BCUT2D eigenvalue weighted by Gasteiger charge is 2.18. The van der Waals surface area contributed by atoms with E-state index in [2.05, 4.69) is 20.8 Å². The van der Waals surface area contributed by atoms with Crippen LogP contribution in [0.15, 0.2) is 29.2 Å². The summed E-state index contributed by atoms with van der Waals surface area (Å²) in [6.45, 7) is 2.03. The standard InChI is InChI=1S/C12H16BrNO2S/c1-17(15,16)12-6-4-11(5-7-12)14-8-2-3-10(13)9-14/h4-7,10H,2-3,8-9H2,1H3. The average molecular weight is 318 g/mol. The van der Waals surface area contributed by atoms with E-state index in [1.54, 1.807) is 12.1 Å². The first kappa shape index (κ1) is 12.9. The van der Waals surface area contributed by atoms with E-state index in [0.717, 1.165) is 18.8 Å². The van der Waals surface area contributed by atoms with Crippen LogP contribution < -0.4 is 4.90 Å². The van der Waals surface area contributed by atoms with Crippen LogP contribution in [0, 0.1) is 0 Å². The monoisotopic (exact) mass is 317 g/mol. The minimum Gasteiger partial charge on any atom is -0.370 e. The number of sulfone groups is 1. The zero-order valence-corrected chi connectivity index (χ0v) is 12.2. The Hall–Kier alpha value is -0.550. The van der Waals surface area contributed by atoms with Gasteiger partial charge in [0.15, 0.2) is 9.84 Å². The lowest BCUT2D eigenvalue weighted by atomic mass is 10.1. The van der Waals surface area contributed by atoms with E-state index in [1.807, 2.05) is 12.1 Å². The number of alkyl halides is 1. The molecule has 0 radical (unpaired) electrons. The number of benzene rings is 1. The minimum atomic E-state index is -3.09. The smallest absolute Gasteiger partial charge is 0.175 e. The largest absolute Gasteiger partial charge is 0.370 e. The Kier molecular flexibility index (Phi) is 3.78. The molecule has 1 heterocycles. The summed E-state index contributed by atoms with van der Waals surface area (Å²) < 4.78 is 22.7. The van der Waals surface area contributed by atoms with E-state index in [0.29, 0.717) is 9.72 Å². The van der Waals surface area contributed by atoms with Crippen molar-refractivity contribution in [2.75, 3.05) is 24.2 Å². The third-order valence-corrected chi connectivity index (χ3v) is 4.87. The third-order valence-electron chi connectivity index (χ3n) is 2.99. The van der Waals surface area contributed by atoms with E-state index in [-0.39, 0.29) is 0 Å². The molecule has 5 heteroatoms. The number of hydrogen-bond donors (Lipinski definition) is 0. The molecule has 1 fully saturated rings. The van der Waals surface area contributed by atoms with Crippen molar-refractivity contribution in [1.29, 1.82) is 0 Å². The molecule has 1 aliphatic heterocycles. The maximum Gasteiger partial charge on any atom is 0.175 e. The van der Waals surface area contributed by atoms with Crippen LogP contribution >= 0.6 is 15.9 Å². The molecule has 3 nitrogen and oxygen atoms in total. The van der Waals surface area contributed by atoms with Gasteiger partial charge in [0, 0.05) is 29.9 Å². The first-order valence-corrected chi connectivity index (χ1v) is 8.46. The van der Waals surface area contributed by atoms with Crippen molar-refractivity contribution in [2.45, 2.75) is 22.6 Å². The first-order valence-electron chi connectivity index (χ1n) is 5.66. The molecule has 1 atom stereocenters. The van der Waals surface area contributed by atoms with Crippen molar-refractivity contribution >= 4 is 31.5 Å². The van der Waals surface area contributed by atoms with Crippen molar-refractivity contribution < 1.29 is 8.42 Å². The van der Waals surface area contributed by atoms with Gasteiger partial charge >= 0.3 is 0 Å². The zero-order valence-electron chi connectivity index (χ0n) is 9.77. The quantitative estimate of drug-likeness (QED) is 0.786. The molecule has 1 saturated heterocycles. The van der Waals surface area contributed by atoms with Gasteiger partial charge in [0.05, 0.1) is 4.90 Å². The van der Waals surface area contributed by atoms with E-state index in [4.69, 9.17) is 0 Å². The maximum atomic E-state index is 11.4. The fraction of sp³-hybridized carbons (Fsp3) is 0.500. The molecule has 0 bridgehead atoms. The van der Waals surface area contributed by atoms with E-state index in [1.165, 1.54) is 19.1 Å². The normalized spacial score (nSPS) is 21.5. The highest BCUT2D eigenvalue weighted by molar-refractivity contribution is 9.09. The maximum absolute atomic E-state index is 11.4. The molecule has 2 rings (SSSR count). The van der Waals surface area contributed by atoms with E-state index >= 15 is 0 Å². The van der Waals surface area contributed by atoms with Gasteiger partial charge in [0.2, 0.25) is 0 Å². The molecular formula is C12H16BrNO2S. The predicted octanol–water partition coefficient (Wildman–Crippen LogP) is 2.45. The highest BCUT2D eigenvalue weighted by Crippen LogP contribution is 2.24. The molecule has 0 N–H and O–H groups in total. The SMILES string of the molecule is CS(=O)(=O)c1ccc(N2CCCC(Br)C2)cc1. The highest BCUT2D eigenvalue weighted by atomic mass is 79.9. The van der Waals surface area contributed by atoms with Crippen molar-refractivity contribution in [1.82, 2.24) is 0 Å². The molecule has 0 spiro atoms. The third kappa shape index (κ3) is 3.22. The summed E-state index contributed by atoms with van der Waals surface area (Å²) in [7, 11) is -3.09. The fourth-order valence-electron chi connectivity index (χ4n) is 2.06. The Labute approximate surface area is 111 Å². The summed E-state index contributed by atoms with van der Waals surface area (Å²) in [5.41, 5.74) is 1.10. The molecule has 94 valence electrons. The van der Waals surface area contributed by atoms with Crippen molar-refractivity contribution in [3.8, 4) is 0 Å². The van der Waals surface area contributed by atoms with Crippen LogP contribution in [0.25, 0.3) is 0 Å². The number of piperidine rings is 1. The fourth-order valence-corrected chi connectivity index (χ4v) is 3.37. The van der Waals surface area contributed by atoms with Crippen LogP contribution in [0.3, 0.4) is 0 Å². The molecule has 1 unspecified atom stereocenters. The number of nitrogens with zero attached hydrogens (tertiary/aromatic N) is 1. The lowest BCUT2D eigenvalue weighted by molar-refractivity contribution is 0.595. The topological polar surface area (TPSA) is 37.4 Å². The van der Waals surface area contributed by atoms with Crippen LogP contribution in [0.1, 0.15) is 12.8 Å².